The molecule has 0 radical (unpaired) electrons. The first-order valence-electron chi connectivity index (χ1n) is 26.8. The molecule has 0 aliphatic carbocycles. The number of benzene rings is 1. The number of aromatic nitrogens is 3. The van der Waals surface area contributed by atoms with Gasteiger partial charge < -0.3 is 58.1 Å². The number of nitroso groups, excluding NO2 is 1. The highest BCUT2D eigenvalue weighted by molar-refractivity contribution is 7.90. The molecule has 0 saturated carbocycles. The molecule has 4 aliphatic heterocycles. The highest BCUT2D eigenvalue weighted by atomic mass is 32.2. The number of rotatable bonds is 16. The molecule has 20 nitrogen and oxygen atoms in total. The molecule has 4 aliphatic rings. The minimum absolute atomic E-state index is 0.0374. The lowest BCUT2D eigenvalue weighted by Crippen LogP contribution is -2.62. The average molecular weight is 1100 g/mol. The first kappa shape index (κ1) is 61.8. The number of likely N-dealkylation sites (N-methyl/N-ethyl adjacent to an activating group) is 1. The topological polar surface area (TPSA) is 249 Å². The van der Waals surface area contributed by atoms with Crippen LogP contribution in [0.15, 0.2) is 52.7 Å². The number of sulfone groups is 1. The number of nitrogens with zero attached hydrogens (tertiary/aromatic N) is 5. The largest absolute Gasteiger partial charge is 0.459 e. The Morgan fingerprint density at radius 1 is 1.03 bits per heavy atom. The van der Waals surface area contributed by atoms with Crippen LogP contribution in [-0.2, 0) is 65.4 Å². The van der Waals surface area contributed by atoms with E-state index in [-0.39, 0.29) is 43.8 Å². The molecule has 1 aromatic carbocycles. The number of cyclic esters (lactones) is 1. The molecule has 5 heterocycles. The van der Waals surface area contributed by atoms with Gasteiger partial charge in [0.1, 0.15) is 30.6 Å². The van der Waals surface area contributed by atoms with Crippen LogP contribution < -0.4 is 0 Å². The summed E-state index contributed by atoms with van der Waals surface area (Å²) in [5.41, 5.74) is -2.41. The third kappa shape index (κ3) is 13.9. The number of fused-ring (bicyclic) bond motifs is 5. The summed E-state index contributed by atoms with van der Waals surface area (Å²) in [6.07, 6.45) is -5.71. The molecule has 0 amide bonds. The van der Waals surface area contributed by atoms with Crippen LogP contribution in [-0.4, -0.2) is 187 Å². The molecule has 1 unspecified atom stereocenters. The summed E-state index contributed by atoms with van der Waals surface area (Å²) in [7, 11) is -0.0104. The Morgan fingerprint density at radius 3 is 2.33 bits per heavy atom. The Bertz CT molecular complexity index is 2360. The molecule has 1 aromatic heterocycles. The van der Waals surface area contributed by atoms with E-state index < -0.39 is 142 Å². The van der Waals surface area contributed by atoms with Crippen molar-refractivity contribution in [2.75, 3.05) is 46.8 Å². The van der Waals surface area contributed by atoms with E-state index >= 15 is 0 Å². The first-order valence-corrected chi connectivity index (χ1v) is 28.7. The molecule has 2 aromatic rings. The highest BCUT2D eigenvalue weighted by Gasteiger charge is 2.55. The highest BCUT2D eigenvalue weighted by Crippen LogP contribution is 2.44. The van der Waals surface area contributed by atoms with Crippen LogP contribution in [0.2, 0.25) is 0 Å². The number of aliphatic hydroxyl groups is 3. The summed E-state index contributed by atoms with van der Waals surface area (Å²) in [6.45, 7) is 21.6. The number of hydrogen-bond donors (Lipinski definition) is 3. The van der Waals surface area contributed by atoms with E-state index in [1.54, 1.807) is 59.9 Å². The minimum Gasteiger partial charge on any atom is -0.459 e. The van der Waals surface area contributed by atoms with E-state index in [2.05, 4.69) is 22.1 Å². The second kappa shape index (κ2) is 25.4. The van der Waals surface area contributed by atoms with Gasteiger partial charge >= 0.3 is 5.97 Å². The predicted octanol–water partition coefficient (Wildman–Crippen LogP) is 5.33. The van der Waals surface area contributed by atoms with Crippen molar-refractivity contribution < 1.29 is 70.8 Å². The lowest BCUT2D eigenvalue weighted by molar-refractivity contribution is -0.320. The number of ether oxygens (including phenoxy) is 8. The third-order valence-electron chi connectivity index (χ3n) is 16.7. The lowest BCUT2D eigenvalue weighted by atomic mass is 9.72. The van der Waals surface area contributed by atoms with Gasteiger partial charge in [0.2, 0.25) is 0 Å². The Labute approximate surface area is 448 Å². The van der Waals surface area contributed by atoms with Crippen molar-refractivity contribution in [2.24, 2.45) is 28.8 Å². The number of alkyl halides is 1. The molecule has 0 spiro atoms. The minimum atomic E-state index is -3.38. The molecule has 4 saturated heterocycles. The fraction of sp³-hybridized carbons (Fsp3) is 0.796. The smallest absolute Gasteiger partial charge is 0.311 e. The average Bonchev–Trinajstić information content (AvgIpc) is 3.84. The summed E-state index contributed by atoms with van der Waals surface area (Å²) < 4.78 is 92.4. The van der Waals surface area contributed by atoms with E-state index in [1.807, 2.05) is 39.6 Å². The molecule has 2 bridgehead atoms. The molecule has 6 rings (SSSR count). The normalized spacial score (nSPS) is 39.9. The number of carbonyl (C=O) groups excluding carboxylic acids is 1. The molecular formula is C54H86FN5O15S. The maximum atomic E-state index is 14.8. The van der Waals surface area contributed by atoms with Gasteiger partial charge in [0.15, 0.2) is 22.4 Å². The van der Waals surface area contributed by atoms with Crippen LogP contribution >= 0.6 is 0 Å². The zero-order chi connectivity index (χ0) is 56.2. The number of aliphatic hydroxyl groups excluding tert-OH is 2. The Morgan fingerprint density at radius 2 is 1.71 bits per heavy atom. The van der Waals surface area contributed by atoms with E-state index in [4.69, 9.17) is 37.9 Å². The second-order valence-electron chi connectivity index (χ2n) is 23.0. The van der Waals surface area contributed by atoms with Gasteiger partial charge in [0, 0.05) is 56.8 Å². The Balaban J connectivity index is 1.34. The van der Waals surface area contributed by atoms with Gasteiger partial charge in [-0.25, -0.2) is 17.5 Å². The predicted molar refractivity (Wildman–Crippen MR) is 278 cm³/mol. The zero-order valence-corrected chi connectivity index (χ0v) is 47.6. The van der Waals surface area contributed by atoms with Crippen molar-refractivity contribution in [2.45, 2.75) is 209 Å². The maximum Gasteiger partial charge on any atom is 0.311 e. The summed E-state index contributed by atoms with van der Waals surface area (Å²) in [4.78, 5) is 30.0. The molecule has 22 heteroatoms. The van der Waals surface area contributed by atoms with Gasteiger partial charge in [0.25, 0.3) is 0 Å². The number of esters is 1. The Hall–Kier alpha value is -3.39. The molecule has 3 N–H and O–H groups in total. The van der Waals surface area contributed by atoms with Gasteiger partial charge in [0.05, 0.1) is 83.5 Å². The quantitative estimate of drug-likeness (QED) is 0.109. The van der Waals surface area contributed by atoms with Crippen LogP contribution in [0.5, 0.6) is 0 Å². The molecule has 76 heavy (non-hydrogen) atoms. The van der Waals surface area contributed by atoms with Gasteiger partial charge in [-0.15, -0.1) is 5.10 Å². The first-order chi connectivity index (χ1) is 35.6. The van der Waals surface area contributed by atoms with Gasteiger partial charge in [-0.1, -0.05) is 56.8 Å². The zero-order valence-electron chi connectivity index (χ0n) is 46.7. The van der Waals surface area contributed by atoms with Crippen LogP contribution in [0.25, 0.3) is 0 Å². The lowest BCUT2D eigenvalue weighted by Gasteiger charge is -2.50. The maximum absolute atomic E-state index is 14.8. The van der Waals surface area contributed by atoms with E-state index in [0.717, 1.165) is 11.8 Å². The molecule has 4 fully saturated rings. The van der Waals surface area contributed by atoms with Gasteiger partial charge in [-0.05, 0) is 103 Å². The van der Waals surface area contributed by atoms with Crippen LogP contribution in [0.4, 0.5) is 4.39 Å². The number of halogens is 1. The van der Waals surface area contributed by atoms with Gasteiger partial charge in [-0.2, -0.15) is 4.91 Å². The van der Waals surface area contributed by atoms with E-state index in [9.17, 15) is 37.8 Å². The monoisotopic (exact) mass is 1100 g/mol. The summed E-state index contributed by atoms with van der Waals surface area (Å²) in [5.74, 6) is -3.80. The summed E-state index contributed by atoms with van der Waals surface area (Å²) in [5, 5.41) is 48.4. The molecular weight excluding hydrogens is 1010 g/mol. The number of methoxy groups -OCH3 is 1. The molecule has 430 valence electrons. The van der Waals surface area contributed by atoms with Crippen LogP contribution in [0, 0.1) is 28.6 Å². The Kier molecular flexibility index (Phi) is 20.6. The SMILES string of the molecule is C=C1CO[C@@H]2[C@@H](C)C(N=O)[C@H](C)C[C@@](C)(OC1)[C@H](O[C@@H]1O[C@H](C)C[C@H](N(C)CCc3cn([C@H](CF)Cc4ccc(S(C)(=O)=O)cc4)nn3)[C@H]1O)[C@@H](C)[C@H](O[C@H]1C[C@@](C)(OC)[C@@H](O)[C@H](C)O1)[C@@H](C)C(=O)O[C@H](CC)[C@@]2(C)O. The van der Waals surface area contributed by atoms with Crippen LogP contribution in [0.3, 0.4) is 0 Å². The van der Waals surface area contributed by atoms with Crippen molar-refractivity contribution in [3.63, 3.8) is 0 Å². The number of carbonyl (C=O) groups is 1. The number of hydrogen-bond acceptors (Lipinski definition) is 19. The van der Waals surface area contributed by atoms with E-state index in [1.165, 1.54) is 23.9 Å². The fourth-order valence-corrected chi connectivity index (χ4v) is 12.7. The van der Waals surface area contributed by atoms with Crippen molar-refractivity contribution in [3.8, 4) is 0 Å². The van der Waals surface area contributed by atoms with Crippen molar-refractivity contribution in [1.29, 1.82) is 0 Å². The summed E-state index contributed by atoms with van der Waals surface area (Å²) in [6, 6.07) is 4.20. The van der Waals surface area contributed by atoms with Crippen LogP contribution in [0.1, 0.15) is 112 Å². The van der Waals surface area contributed by atoms with Gasteiger partial charge in [-0.3, -0.25) is 4.79 Å². The van der Waals surface area contributed by atoms with Crippen molar-refractivity contribution in [3.05, 3.63) is 58.8 Å². The van der Waals surface area contributed by atoms with E-state index in [0.29, 0.717) is 30.7 Å². The molecule has 20 atom stereocenters. The second-order valence-corrected chi connectivity index (χ2v) is 25.0. The fourth-order valence-electron chi connectivity index (χ4n) is 12.1. The van der Waals surface area contributed by atoms with Crippen molar-refractivity contribution in [1.82, 2.24) is 19.9 Å². The standard InChI is InChI=1S/C54H86FN5O15S/c1-15-42-54(11,64)49-33(5)44(57-65)31(3)24-53(10,70-29-30(2)28-69-49)48(34(6)46(35(7)50(63)73-42)74-43-25-52(9,68-13)47(62)36(8)72-43)75-51-45(61)41(22-32(4)71-51)59(12)21-20-38-27-60(58-56-38)39(26-55)23-37-16-18-40(19-17-37)76(14,66)67/h16-19,27,31-36,39,41-49,51,61-62,64H,2,15,20-26,28-29H2,1,3-14H3/t31-,32-,33+,34+,35-,36+,39+,41+,42-,43+,44?,45-,46+,47+,48-,49-,51+,52-,53-,54-/m1/s1. The summed E-state index contributed by atoms with van der Waals surface area (Å²) >= 11 is 0. The van der Waals surface area contributed by atoms with Crippen molar-refractivity contribution >= 4 is 15.8 Å². The third-order valence-corrected chi connectivity index (χ3v) is 17.9.